The quantitative estimate of drug-likeness (QED) is 0.247. The van der Waals surface area contributed by atoms with Crippen LogP contribution < -0.4 is 0 Å². The van der Waals surface area contributed by atoms with E-state index < -0.39 is 52.6 Å². The monoisotopic (exact) mass is 768 g/mol. The molecule has 0 bridgehead atoms. The van der Waals surface area contributed by atoms with Crippen LogP contribution in [0, 0.1) is 0 Å². The first-order chi connectivity index (χ1) is 11.2. The third-order valence-electron chi connectivity index (χ3n) is 3.01. The van der Waals surface area contributed by atoms with Crippen molar-refractivity contribution in [2.24, 2.45) is 0 Å². The van der Waals surface area contributed by atoms with Gasteiger partial charge in [-0.1, -0.05) is 0 Å². The number of rotatable bonds is 4. The summed E-state index contributed by atoms with van der Waals surface area (Å²) in [6.45, 7) is 2.38. The van der Waals surface area contributed by atoms with Crippen molar-refractivity contribution in [3.63, 3.8) is 0 Å². The molecule has 0 aliphatic carbocycles. The Labute approximate surface area is 181 Å². The van der Waals surface area contributed by atoms with Crippen LogP contribution in [0.15, 0.2) is 0 Å². The zero-order valence-corrected chi connectivity index (χ0v) is 21.7. The van der Waals surface area contributed by atoms with Crippen molar-refractivity contribution in [2.45, 2.75) is 49.7 Å². The number of alkyl halides is 3. The molecule has 0 spiro atoms. The summed E-state index contributed by atoms with van der Waals surface area (Å²) in [7, 11) is -4.36. The van der Waals surface area contributed by atoms with Crippen molar-refractivity contribution in [3.05, 3.63) is 0 Å². The predicted molar refractivity (Wildman–Crippen MR) is 102 cm³/mol. The summed E-state index contributed by atoms with van der Waals surface area (Å²) in [4.78, 5) is -0.278. The molecule has 2 saturated heterocycles. The minimum atomic E-state index is -5.68. The second-order valence-electron chi connectivity index (χ2n) is 5.22. The Kier molecular flexibility index (Phi) is 10.0. The first-order valence-corrected chi connectivity index (χ1v) is 21.4. The van der Waals surface area contributed by atoms with Crippen molar-refractivity contribution >= 4 is 70.1 Å². The van der Waals surface area contributed by atoms with Gasteiger partial charge in [0.2, 0.25) is 0 Å². The van der Waals surface area contributed by atoms with Gasteiger partial charge < -0.3 is 18.9 Å². The Hall–Kier alpha value is 2.31. The van der Waals surface area contributed by atoms with Crippen molar-refractivity contribution in [2.75, 3.05) is 13.7 Å². The molecule has 150 valence electrons. The van der Waals surface area contributed by atoms with Crippen molar-refractivity contribution in [1.82, 2.24) is 0 Å². The van der Waals surface area contributed by atoms with Crippen LogP contribution in [-0.4, -0.2) is 58.0 Å². The SMILES string of the molecule is COC1O[C@H](COS(=O)(=O)C(F)(F)F)C2OC(C)(C)OC12.[I][V]([I])[I]. The van der Waals surface area contributed by atoms with Gasteiger partial charge in [0.1, 0.15) is 18.3 Å². The molecule has 0 aromatic heterocycles. The van der Waals surface area contributed by atoms with Gasteiger partial charge in [-0.2, -0.15) is 21.6 Å². The Morgan fingerprint density at radius 3 is 2.08 bits per heavy atom. The number of ether oxygens (including phenoxy) is 4. The van der Waals surface area contributed by atoms with Crippen LogP contribution in [0.3, 0.4) is 0 Å². The number of halogens is 6. The van der Waals surface area contributed by atoms with Gasteiger partial charge in [-0.3, -0.25) is 4.18 Å². The molecule has 0 radical (unpaired) electrons. The van der Waals surface area contributed by atoms with Crippen LogP contribution in [0.1, 0.15) is 13.8 Å². The van der Waals surface area contributed by atoms with E-state index in [-0.39, 0.29) is 4.92 Å². The Morgan fingerprint density at radius 2 is 1.64 bits per heavy atom. The summed E-state index contributed by atoms with van der Waals surface area (Å²) >= 11 is 7.39. The molecule has 2 rings (SSSR count). The molecule has 3 unspecified atom stereocenters. The molecule has 0 N–H and O–H groups in total. The summed E-state index contributed by atoms with van der Waals surface area (Å²) in [6, 6.07) is 0. The van der Waals surface area contributed by atoms with Gasteiger partial charge in [0.05, 0.1) is 6.61 Å². The number of fused-ring (bicyclic) bond motifs is 1. The van der Waals surface area contributed by atoms with E-state index in [4.69, 9.17) is 18.9 Å². The molecule has 0 aromatic carbocycles. The van der Waals surface area contributed by atoms with Gasteiger partial charge >= 0.3 is 80.5 Å². The van der Waals surface area contributed by atoms with E-state index in [1.807, 2.05) is 0 Å². The summed E-state index contributed by atoms with van der Waals surface area (Å²) in [6.07, 6.45) is -3.39. The fourth-order valence-electron chi connectivity index (χ4n) is 2.19. The fraction of sp³-hybridized carbons (Fsp3) is 1.00. The molecule has 2 fully saturated rings. The van der Waals surface area contributed by atoms with Crippen LogP contribution >= 0.6 is 59.9 Å². The summed E-state index contributed by atoms with van der Waals surface area (Å²) in [5, 5.41) is 0. The van der Waals surface area contributed by atoms with Crippen LogP contribution in [0.25, 0.3) is 0 Å². The minimum absolute atomic E-state index is 0.278. The standard InChI is InChI=1S/C10H15F3O7S.3HI.V/c1-9(2)19-6-5(18-8(16-3)7(6)20-9)4-17-21(14,15)10(11,12)13;;;;/h5-8H,4H2,1-3H3;3*1H;/q;;;;+3/p-3/t5-,6?,7?,8?;;;;/m1..../s1. The fourth-order valence-corrected chi connectivity index (χ4v) is 2.64. The van der Waals surface area contributed by atoms with Gasteiger partial charge in [0.15, 0.2) is 12.1 Å². The van der Waals surface area contributed by atoms with E-state index in [0.29, 0.717) is 0 Å². The first kappa shape index (κ1) is 25.4. The van der Waals surface area contributed by atoms with E-state index in [0.717, 1.165) is 0 Å². The van der Waals surface area contributed by atoms with Gasteiger partial charge in [-0.05, 0) is 13.8 Å². The Morgan fingerprint density at radius 1 is 1.16 bits per heavy atom. The maximum atomic E-state index is 12.2. The normalized spacial score (nSPS) is 31.6. The molecule has 0 amide bonds. The average molecular weight is 768 g/mol. The predicted octanol–water partition coefficient (Wildman–Crippen LogP) is 3.40. The number of hydrogen-bond acceptors (Lipinski definition) is 7. The molecular weight excluding hydrogens is 753 g/mol. The topological polar surface area (TPSA) is 80.3 Å². The van der Waals surface area contributed by atoms with Crippen molar-refractivity contribution in [1.29, 1.82) is 0 Å². The van der Waals surface area contributed by atoms with Gasteiger partial charge in [-0.25, -0.2) is 0 Å². The van der Waals surface area contributed by atoms with Crippen molar-refractivity contribution in [3.8, 4) is 0 Å². The van der Waals surface area contributed by atoms with Gasteiger partial charge in [0, 0.05) is 7.11 Å². The molecule has 2 aliphatic rings. The molecule has 0 aromatic rings. The van der Waals surface area contributed by atoms with Crippen LogP contribution in [0.4, 0.5) is 13.2 Å². The molecule has 2 heterocycles. The molecule has 15 heteroatoms. The van der Waals surface area contributed by atoms with Gasteiger partial charge in [-0.15, -0.1) is 0 Å². The summed E-state index contributed by atoms with van der Waals surface area (Å²) in [5.41, 5.74) is -5.49. The molecule has 2 aliphatic heterocycles. The average Bonchev–Trinajstić information content (AvgIpc) is 2.87. The maximum absolute atomic E-state index is 12.2. The zero-order chi connectivity index (χ0) is 19.6. The Bertz CT molecular complexity index is 546. The third-order valence-corrected chi connectivity index (χ3v) is 4.02. The van der Waals surface area contributed by atoms with Crippen LogP contribution in [0.2, 0.25) is 0 Å². The summed E-state index contributed by atoms with van der Waals surface area (Å²) in [5.74, 6) is -0.975. The number of hydrogen-bond donors (Lipinski definition) is 0. The van der Waals surface area contributed by atoms with E-state index in [1.54, 1.807) is 13.8 Å². The van der Waals surface area contributed by atoms with E-state index in [2.05, 4.69) is 64.1 Å². The molecule has 25 heavy (non-hydrogen) atoms. The second kappa shape index (κ2) is 9.88. The third kappa shape index (κ3) is 7.58. The van der Waals surface area contributed by atoms with E-state index in [9.17, 15) is 21.6 Å². The van der Waals surface area contributed by atoms with Gasteiger partial charge in [0.25, 0.3) is 0 Å². The first-order valence-electron chi connectivity index (χ1n) is 6.47. The van der Waals surface area contributed by atoms with E-state index in [1.165, 1.54) is 7.11 Å². The molecule has 7 nitrogen and oxygen atoms in total. The second-order valence-corrected chi connectivity index (χ2v) is 42.2. The molecule has 4 atom stereocenters. The zero-order valence-electron chi connectivity index (χ0n) is 13.0. The Balaban J connectivity index is 0.000000705. The van der Waals surface area contributed by atoms with Crippen LogP contribution in [0.5, 0.6) is 0 Å². The molecule has 0 saturated carbocycles. The number of methoxy groups -OCH3 is 1. The summed E-state index contributed by atoms with van der Waals surface area (Å²) < 4.78 is 83.6. The molecular formula is C10H15F3I3O7SV. The van der Waals surface area contributed by atoms with Crippen LogP contribution in [-0.2, 0) is 38.2 Å². The van der Waals surface area contributed by atoms with Crippen molar-refractivity contribution < 1.29 is 49.6 Å². The van der Waals surface area contributed by atoms with E-state index >= 15 is 0 Å².